The van der Waals surface area contributed by atoms with Crippen molar-refractivity contribution in [2.75, 3.05) is 0 Å². The first-order valence-corrected chi connectivity index (χ1v) is 4.88. The average molecular weight is 236 g/mol. The van der Waals surface area contributed by atoms with Crippen LogP contribution in [-0.2, 0) is 14.3 Å². The number of carbonyl (C=O) groups excluding carboxylic acids is 2. The summed E-state index contributed by atoms with van der Waals surface area (Å²) in [4.78, 5) is 22.0. The maximum atomic E-state index is 11.2. The Morgan fingerprint density at radius 3 is 2.47 bits per heavy atom. The summed E-state index contributed by atoms with van der Waals surface area (Å²) >= 11 is 0. The van der Waals surface area contributed by atoms with Crippen molar-refractivity contribution in [3.05, 3.63) is 43.0 Å². The Morgan fingerprint density at radius 2 is 1.88 bits per heavy atom. The van der Waals surface area contributed by atoms with E-state index in [-0.39, 0.29) is 0 Å². The number of carbonyl (C=O) groups is 2. The fourth-order valence-corrected chi connectivity index (χ4v) is 0.980. The standard InChI is InChI=1S/C12H12O5/c1-3-11(13)15-9(2)16-12(14)17-10-7-5-4-6-8-10/h3-9H,1H2,2H3. The molecule has 0 aliphatic heterocycles. The Hall–Kier alpha value is -2.30. The smallest absolute Gasteiger partial charge is 0.422 e. The highest BCUT2D eigenvalue weighted by Gasteiger charge is 2.13. The Balaban J connectivity index is 2.39. The predicted octanol–water partition coefficient (Wildman–Crippen LogP) is 2.28. The molecule has 0 aliphatic carbocycles. The molecule has 1 aromatic carbocycles. The van der Waals surface area contributed by atoms with Crippen molar-refractivity contribution in [1.29, 1.82) is 0 Å². The molecule has 0 radical (unpaired) electrons. The van der Waals surface area contributed by atoms with Gasteiger partial charge >= 0.3 is 12.1 Å². The second-order valence-corrected chi connectivity index (χ2v) is 2.99. The number of ether oxygens (including phenoxy) is 3. The van der Waals surface area contributed by atoms with Crippen molar-refractivity contribution in [3.8, 4) is 5.75 Å². The molecule has 90 valence electrons. The molecule has 0 amide bonds. The number of benzene rings is 1. The fourth-order valence-electron chi connectivity index (χ4n) is 0.980. The summed E-state index contributed by atoms with van der Waals surface area (Å²) in [6.07, 6.45) is -1.00. The maximum absolute atomic E-state index is 11.2. The van der Waals surface area contributed by atoms with Crippen LogP contribution in [0, 0.1) is 0 Å². The van der Waals surface area contributed by atoms with Crippen LogP contribution >= 0.6 is 0 Å². The summed E-state index contributed by atoms with van der Waals surface area (Å²) in [5.41, 5.74) is 0. The van der Waals surface area contributed by atoms with Crippen LogP contribution in [0.15, 0.2) is 43.0 Å². The summed E-state index contributed by atoms with van der Waals surface area (Å²) < 4.78 is 14.1. The van der Waals surface area contributed by atoms with Crippen LogP contribution in [-0.4, -0.2) is 18.4 Å². The molecule has 0 aromatic heterocycles. The monoisotopic (exact) mass is 236 g/mol. The van der Waals surface area contributed by atoms with Gasteiger partial charge in [-0.1, -0.05) is 24.8 Å². The summed E-state index contributed by atoms with van der Waals surface area (Å²) in [5.74, 6) is -0.329. The molecular formula is C12H12O5. The highest BCUT2D eigenvalue weighted by atomic mass is 16.8. The van der Waals surface area contributed by atoms with Crippen molar-refractivity contribution in [2.24, 2.45) is 0 Å². The topological polar surface area (TPSA) is 61.8 Å². The molecule has 1 aromatic rings. The summed E-state index contributed by atoms with van der Waals surface area (Å²) in [6, 6.07) is 8.41. The van der Waals surface area contributed by atoms with Gasteiger partial charge in [-0.15, -0.1) is 0 Å². The van der Waals surface area contributed by atoms with Gasteiger partial charge in [-0.3, -0.25) is 0 Å². The first kappa shape index (κ1) is 12.8. The molecule has 1 rings (SSSR count). The van der Waals surface area contributed by atoms with Gasteiger partial charge in [0.25, 0.3) is 0 Å². The molecule has 0 heterocycles. The van der Waals surface area contributed by atoms with Crippen LogP contribution in [0.4, 0.5) is 4.79 Å². The van der Waals surface area contributed by atoms with E-state index in [1.54, 1.807) is 30.3 Å². The maximum Gasteiger partial charge on any atom is 0.516 e. The lowest BCUT2D eigenvalue weighted by Gasteiger charge is -2.12. The van der Waals surface area contributed by atoms with Crippen LogP contribution in [0.3, 0.4) is 0 Å². The normalized spacial score (nSPS) is 11.1. The Bertz CT molecular complexity index is 399. The van der Waals surface area contributed by atoms with E-state index in [1.165, 1.54) is 6.92 Å². The largest absolute Gasteiger partial charge is 0.516 e. The van der Waals surface area contributed by atoms with Crippen LogP contribution in [0.2, 0.25) is 0 Å². The molecule has 5 heteroatoms. The van der Waals surface area contributed by atoms with Gasteiger partial charge in [0.2, 0.25) is 6.29 Å². The third kappa shape index (κ3) is 4.83. The van der Waals surface area contributed by atoms with E-state index in [9.17, 15) is 9.59 Å². The molecule has 0 fully saturated rings. The number of para-hydroxylation sites is 1. The fraction of sp³-hybridized carbons (Fsp3) is 0.167. The van der Waals surface area contributed by atoms with Gasteiger partial charge in [0.1, 0.15) is 5.75 Å². The summed E-state index contributed by atoms with van der Waals surface area (Å²) in [6.45, 7) is 4.61. The quantitative estimate of drug-likeness (QED) is 0.347. The van der Waals surface area contributed by atoms with Crippen molar-refractivity contribution in [1.82, 2.24) is 0 Å². The van der Waals surface area contributed by atoms with Crippen molar-refractivity contribution >= 4 is 12.1 Å². The molecule has 0 N–H and O–H groups in total. The molecule has 1 atom stereocenters. The van der Waals surface area contributed by atoms with Gasteiger partial charge in [-0.25, -0.2) is 9.59 Å². The molecule has 5 nitrogen and oxygen atoms in total. The minimum absolute atomic E-state index is 0.347. The lowest BCUT2D eigenvalue weighted by Crippen LogP contribution is -2.22. The van der Waals surface area contributed by atoms with E-state index in [1.807, 2.05) is 0 Å². The lowest BCUT2D eigenvalue weighted by atomic mass is 10.3. The Kier molecular flexibility index (Phi) is 4.75. The Labute approximate surface area is 98.6 Å². The molecular weight excluding hydrogens is 224 g/mol. The van der Waals surface area contributed by atoms with E-state index in [0.29, 0.717) is 5.75 Å². The zero-order valence-electron chi connectivity index (χ0n) is 9.29. The van der Waals surface area contributed by atoms with Crippen LogP contribution in [0.25, 0.3) is 0 Å². The van der Waals surface area contributed by atoms with Gasteiger partial charge in [-0.05, 0) is 12.1 Å². The second kappa shape index (κ2) is 6.32. The highest BCUT2D eigenvalue weighted by molar-refractivity contribution is 5.81. The first-order valence-electron chi connectivity index (χ1n) is 4.88. The van der Waals surface area contributed by atoms with E-state index in [0.717, 1.165) is 6.08 Å². The molecule has 1 unspecified atom stereocenters. The van der Waals surface area contributed by atoms with Crippen molar-refractivity contribution in [2.45, 2.75) is 13.2 Å². The van der Waals surface area contributed by atoms with E-state index in [4.69, 9.17) is 4.74 Å². The zero-order chi connectivity index (χ0) is 12.7. The van der Waals surface area contributed by atoms with Gasteiger partial charge < -0.3 is 14.2 Å². The van der Waals surface area contributed by atoms with Gasteiger partial charge in [0.15, 0.2) is 0 Å². The zero-order valence-corrected chi connectivity index (χ0v) is 9.29. The first-order chi connectivity index (χ1) is 8.11. The van der Waals surface area contributed by atoms with Crippen LogP contribution in [0.1, 0.15) is 6.92 Å². The van der Waals surface area contributed by atoms with E-state index in [2.05, 4.69) is 16.1 Å². The van der Waals surface area contributed by atoms with Crippen LogP contribution in [0.5, 0.6) is 5.75 Å². The SMILES string of the molecule is C=CC(=O)OC(C)OC(=O)Oc1ccccc1. The number of hydrogen-bond donors (Lipinski definition) is 0. The number of hydrogen-bond acceptors (Lipinski definition) is 5. The van der Waals surface area contributed by atoms with Crippen LogP contribution < -0.4 is 4.74 Å². The number of rotatable bonds is 4. The molecule has 0 bridgehead atoms. The van der Waals surface area contributed by atoms with Crippen molar-refractivity contribution < 1.29 is 23.8 Å². The van der Waals surface area contributed by atoms with Gasteiger partial charge in [0, 0.05) is 13.0 Å². The second-order valence-electron chi connectivity index (χ2n) is 2.99. The van der Waals surface area contributed by atoms with Crippen molar-refractivity contribution in [3.63, 3.8) is 0 Å². The molecule has 0 saturated carbocycles. The predicted molar refractivity (Wildman–Crippen MR) is 59.3 cm³/mol. The minimum atomic E-state index is -1.03. The third-order valence-corrected chi connectivity index (χ3v) is 1.66. The lowest BCUT2D eigenvalue weighted by molar-refractivity contribution is -0.160. The molecule has 0 saturated heterocycles. The van der Waals surface area contributed by atoms with E-state index < -0.39 is 18.4 Å². The minimum Gasteiger partial charge on any atom is -0.422 e. The summed E-state index contributed by atoms with van der Waals surface area (Å²) in [7, 11) is 0. The highest BCUT2D eigenvalue weighted by Crippen LogP contribution is 2.10. The molecule has 17 heavy (non-hydrogen) atoms. The van der Waals surface area contributed by atoms with Gasteiger partial charge in [0.05, 0.1) is 0 Å². The number of esters is 1. The third-order valence-electron chi connectivity index (χ3n) is 1.66. The average Bonchev–Trinajstić information content (AvgIpc) is 2.29. The Morgan fingerprint density at radius 1 is 1.24 bits per heavy atom. The van der Waals surface area contributed by atoms with E-state index >= 15 is 0 Å². The summed E-state index contributed by atoms with van der Waals surface area (Å²) in [5, 5.41) is 0. The van der Waals surface area contributed by atoms with Gasteiger partial charge in [-0.2, -0.15) is 0 Å². The molecule has 0 aliphatic rings. The molecule has 0 spiro atoms.